The average molecular weight is 397 g/mol. The largest absolute Gasteiger partial charge is 0.490 e. The minimum Gasteiger partial charge on any atom is -0.477 e. The summed E-state index contributed by atoms with van der Waals surface area (Å²) in [5.41, 5.74) is 0.608. The van der Waals surface area contributed by atoms with Crippen LogP contribution in [-0.4, -0.2) is 57.0 Å². The van der Waals surface area contributed by atoms with Gasteiger partial charge in [-0.3, -0.25) is 4.90 Å². The fourth-order valence-electron chi connectivity index (χ4n) is 2.50. The van der Waals surface area contributed by atoms with Gasteiger partial charge in [0, 0.05) is 24.5 Å². The fourth-order valence-corrected chi connectivity index (χ4v) is 3.38. The van der Waals surface area contributed by atoms with Crippen molar-refractivity contribution in [3.8, 4) is 0 Å². The highest BCUT2D eigenvalue weighted by molar-refractivity contribution is 7.14. The normalized spacial score (nSPS) is 17.3. The molecule has 0 saturated carbocycles. The Labute approximate surface area is 152 Å². The molecule has 2 heterocycles. The summed E-state index contributed by atoms with van der Waals surface area (Å²) in [6.07, 6.45) is -2.67. The summed E-state index contributed by atoms with van der Waals surface area (Å²) < 4.78 is 31.7. The molecule has 1 fully saturated rings. The topological polar surface area (TPSA) is 98.1 Å². The second-order valence-corrected chi connectivity index (χ2v) is 7.41. The second-order valence-electron chi connectivity index (χ2n) is 6.15. The van der Waals surface area contributed by atoms with Gasteiger partial charge in [-0.2, -0.15) is 13.2 Å². The van der Waals surface area contributed by atoms with Gasteiger partial charge in [0.1, 0.15) is 4.88 Å². The van der Waals surface area contributed by atoms with Crippen LogP contribution in [0.4, 0.5) is 13.2 Å². The molecular formula is C16H22F3NO5S. The van der Waals surface area contributed by atoms with Crippen LogP contribution < -0.4 is 0 Å². The number of aryl methyl sites for hydroxylation is 1. The van der Waals surface area contributed by atoms with E-state index in [0.29, 0.717) is 4.88 Å². The molecule has 0 aliphatic carbocycles. The number of piperidine rings is 1. The van der Waals surface area contributed by atoms with Crippen molar-refractivity contribution in [2.45, 2.75) is 51.4 Å². The number of carbonyl (C=O) groups is 2. The van der Waals surface area contributed by atoms with Crippen LogP contribution in [0.1, 0.15) is 46.3 Å². The molecule has 26 heavy (non-hydrogen) atoms. The van der Waals surface area contributed by atoms with Crippen LogP contribution in [-0.2, 0) is 11.3 Å². The lowest BCUT2D eigenvalue weighted by Crippen LogP contribution is -2.43. The molecule has 0 unspecified atom stereocenters. The van der Waals surface area contributed by atoms with Gasteiger partial charge in [0.05, 0.1) is 5.60 Å². The van der Waals surface area contributed by atoms with Crippen LogP contribution in [0.2, 0.25) is 0 Å². The lowest BCUT2D eigenvalue weighted by molar-refractivity contribution is -0.192. The molecule has 1 aromatic heterocycles. The van der Waals surface area contributed by atoms with Crippen LogP contribution in [0.5, 0.6) is 0 Å². The van der Waals surface area contributed by atoms with E-state index >= 15 is 0 Å². The standard InChI is InChI=1S/C14H21NO3S.C2HF3O2/c1-3-14(18)4-6-15(7-5-14)9-11-8-12(13(16)17)19-10(11)2;3-2(4,5)1(6)7/h8,18H,3-7,9H2,1-2H3,(H,16,17);(H,6,7). The van der Waals surface area contributed by atoms with E-state index in [-0.39, 0.29) is 0 Å². The molecule has 0 atom stereocenters. The Hall–Kier alpha value is -1.65. The van der Waals surface area contributed by atoms with E-state index < -0.39 is 23.7 Å². The van der Waals surface area contributed by atoms with Crippen molar-refractivity contribution >= 4 is 23.3 Å². The second kappa shape index (κ2) is 8.83. The van der Waals surface area contributed by atoms with Gasteiger partial charge in [-0.05, 0) is 37.8 Å². The monoisotopic (exact) mass is 397 g/mol. The van der Waals surface area contributed by atoms with E-state index in [1.54, 1.807) is 6.07 Å². The summed E-state index contributed by atoms with van der Waals surface area (Å²) in [4.78, 5) is 23.6. The lowest BCUT2D eigenvalue weighted by Gasteiger charge is -2.37. The Bertz CT molecular complexity index is 636. The third-order valence-electron chi connectivity index (χ3n) is 4.31. The van der Waals surface area contributed by atoms with Gasteiger partial charge in [0.2, 0.25) is 0 Å². The quantitative estimate of drug-likeness (QED) is 0.722. The molecule has 10 heteroatoms. The number of hydrogen-bond donors (Lipinski definition) is 3. The first-order chi connectivity index (χ1) is 11.9. The molecule has 6 nitrogen and oxygen atoms in total. The Morgan fingerprint density at radius 1 is 1.27 bits per heavy atom. The SMILES string of the molecule is CCC1(O)CCN(Cc2cc(C(=O)O)sc2C)CC1.O=C(O)C(F)(F)F. The molecule has 3 N–H and O–H groups in total. The molecular weight excluding hydrogens is 375 g/mol. The number of likely N-dealkylation sites (tertiary alicyclic amines) is 1. The highest BCUT2D eigenvalue weighted by atomic mass is 32.1. The minimum absolute atomic E-state index is 0.412. The first kappa shape index (κ1) is 22.4. The number of carboxylic acids is 2. The van der Waals surface area contributed by atoms with E-state index in [4.69, 9.17) is 15.0 Å². The molecule has 0 amide bonds. The Morgan fingerprint density at radius 2 is 1.77 bits per heavy atom. The van der Waals surface area contributed by atoms with Crippen molar-refractivity contribution in [2.24, 2.45) is 0 Å². The van der Waals surface area contributed by atoms with Gasteiger partial charge in [-0.15, -0.1) is 11.3 Å². The maximum atomic E-state index is 10.9. The number of rotatable bonds is 4. The van der Waals surface area contributed by atoms with Crippen molar-refractivity contribution in [3.05, 3.63) is 21.4 Å². The van der Waals surface area contributed by atoms with Crippen LogP contribution in [0.25, 0.3) is 0 Å². The number of halogens is 3. The molecule has 1 aliphatic rings. The number of aromatic carboxylic acids is 1. The van der Waals surface area contributed by atoms with Crippen LogP contribution in [0.3, 0.4) is 0 Å². The van der Waals surface area contributed by atoms with E-state index in [1.807, 2.05) is 13.8 Å². The number of aliphatic hydroxyl groups is 1. The third kappa shape index (κ3) is 6.58. The maximum Gasteiger partial charge on any atom is 0.490 e. The Balaban J connectivity index is 0.000000412. The Kier molecular flexibility index (Phi) is 7.60. The third-order valence-corrected chi connectivity index (χ3v) is 5.39. The average Bonchev–Trinajstić information content (AvgIpc) is 2.91. The fraction of sp³-hybridized carbons (Fsp3) is 0.625. The summed E-state index contributed by atoms with van der Waals surface area (Å²) in [6.45, 7) is 6.54. The summed E-state index contributed by atoms with van der Waals surface area (Å²) in [7, 11) is 0. The molecule has 0 bridgehead atoms. The van der Waals surface area contributed by atoms with Gasteiger partial charge in [0.25, 0.3) is 0 Å². The van der Waals surface area contributed by atoms with Gasteiger partial charge >= 0.3 is 18.1 Å². The number of alkyl halides is 3. The molecule has 1 aromatic rings. The van der Waals surface area contributed by atoms with Gasteiger partial charge in [-0.1, -0.05) is 6.92 Å². The highest BCUT2D eigenvalue weighted by Crippen LogP contribution is 2.28. The van der Waals surface area contributed by atoms with Crippen molar-refractivity contribution in [1.29, 1.82) is 0 Å². The predicted octanol–water partition coefficient (Wildman–Crippen LogP) is 3.12. The zero-order valence-electron chi connectivity index (χ0n) is 14.5. The lowest BCUT2D eigenvalue weighted by atomic mass is 9.89. The minimum atomic E-state index is -5.08. The van der Waals surface area contributed by atoms with E-state index in [2.05, 4.69) is 4.90 Å². The molecule has 2 rings (SSSR count). The summed E-state index contributed by atoms with van der Waals surface area (Å²) in [5, 5.41) is 26.3. The van der Waals surface area contributed by atoms with E-state index in [1.165, 1.54) is 11.3 Å². The smallest absolute Gasteiger partial charge is 0.477 e. The highest BCUT2D eigenvalue weighted by Gasteiger charge is 2.38. The van der Waals surface area contributed by atoms with E-state index in [0.717, 1.165) is 49.3 Å². The molecule has 0 spiro atoms. The van der Waals surface area contributed by atoms with Gasteiger partial charge in [-0.25, -0.2) is 9.59 Å². The maximum absolute atomic E-state index is 10.9. The number of nitrogens with zero attached hydrogens (tertiary/aromatic N) is 1. The first-order valence-corrected chi connectivity index (χ1v) is 8.77. The molecule has 148 valence electrons. The number of thiophene rings is 1. The zero-order valence-corrected chi connectivity index (χ0v) is 15.3. The van der Waals surface area contributed by atoms with Crippen LogP contribution in [0.15, 0.2) is 6.07 Å². The molecule has 1 aliphatic heterocycles. The summed E-state index contributed by atoms with van der Waals surface area (Å²) in [6, 6.07) is 1.78. The molecule has 0 radical (unpaired) electrons. The number of hydrogen-bond acceptors (Lipinski definition) is 5. The summed E-state index contributed by atoms with van der Waals surface area (Å²) in [5.74, 6) is -3.61. The van der Waals surface area contributed by atoms with Crippen molar-refractivity contribution < 1.29 is 38.1 Å². The first-order valence-electron chi connectivity index (χ1n) is 7.95. The zero-order chi connectivity index (χ0) is 20.1. The van der Waals surface area contributed by atoms with Gasteiger partial charge in [0.15, 0.2) is 0 Å². The molecule has 0 aromatic carbocycles. The van der Waals surface area contributed by atoms with Crippen molar-refractivity contribution in [2.75, 3.05) is 13.1 Å². The van der Waals surface area contributed by atoms with Crippen molar-refractivity contribution in [3.63, 3.8) is 0 Å². The molecule has 1 saturated heterocycles. The van der Waals surface area contributed by atoms with Crippen LogP contribution >= 0.6 is 11.3 Å². The number of aliphatic carboxylic acids is 1. The number of carboxylic acid groups (broad SMARTS) is 2. The van der Waals surface area contributed by atoms with Crippen LogP contribution in [0, 0.1) is 6.92 Å². The Morgan fingerprint density at radius 3 is 2.12 bits per heavy atom. The van der Waals surface area contributed by atoms with Crippen molar-refractivity contribution in [1.82, 2.24) is 4.90 Å². The summed E-state index contributed by atoms with van der Waals surface area (Å²) >= 11 is 1.34. The predicted molar refractivity (Wildman–Crippen MR) is 89.5 cm³/mol. The van der Waals surface area contributed by atoms with Gasteiger partial charge < -0.3 is 15.3 Å². The van der Waals surface area contributed by atoms with E-state index in [9.17, 15) is 23.1 Å².